The second-order valence-corrected chi connectivity index (χ2v) is 9.21. The Hall–Kier alpha value is -3.72. The average molecular weight is 476 g/mol. The number of fused-ring (bicyclic) bond motifs is 1. The molecule has 0 saturated heterocycles. The van der Waals surface area contributed by atoms with Crippen molar-refractivity contribution < 1.29 is 9.26 Å². The maximum atomic E-state index is 6.31. The van der Waals surface area contributed by atoms with Crippen LogP contribution >= 0.6 is 11.6 Å². The van der Waals surface area contributed by atoms with Gasteiger partial charge in [-0.25, -0.2) is 4.98 Å². The van der Waals surface area contributed by atoms with Crippen molar-refractivity contribution in [3.8, 4) is 17.4 Å². The quantitative estimate of drug-likeness (QED) is 0.336. The first kappa shape index (κ1) is 20.9. The number of imidazole rings is 1. The summed E-state index contributed by atoms with van der Waals surface area (Å²) < 4.78 is 15.0. The number of hydrogen-bond acceptors (Lipinski definition) is 7. The number of benzene rings is 1. The molecule has 172 valence electrons. The molecule has 0 N–H and O–H groups in total. The molecule has 1 aromatic carbocycles. The van der Waals surface area contributed by atoms with E-state index in [1.54, 1.807) is 16.8 Å². The van der Waals surface area contributed by atoms with Crippen molar-refractivity contribution in [3.05, 3.63) is 77.0 Å². The van der Waals surface area contributed by atoms with Crippen molar-refractivity contribution in [1.29, 1.82) is 0 Å². The number of hydrogen-bond donors (Lipinski definition) is 0. The van der Waals surface area contributed by atoms with Crippen molar-refractivity contribution in [3.63, 3.8) is 0 Å². The standard InChI is InChI=1S/C24H22ClN7O2/c1-24(8-5-9-24)17-12-20-27-28-22(18-13-19(25)34-30-18)32(20)29-23(17)33-15-21-26-10-11-31(21)14-16-6-3-2-4-7-16/h2-4,6-7,10-13H,5,8-9,14-15H2,1H3. The summed E-state index contributed by atoms with van der Waals surface area (Å²) in [5.41, 5.74) is 3.30. The maximum Gasteiger partial charge on any atom is 0.236 e. The second-order valence-electron chi connectivity index (χ2n) is 8.83. The minimum Gasteiger partial charge on any atom is -0.468 e. The first-order valence-electron chi connectivity index (χ1n) is 11.2. The zero-order valence-corrected chi connectivity index (χ0v) is 19.3. The first-order chi connectivity index (χ1) is 16.6. The lowest BCUT2D eigenvalue weighted by Crippen LogP contribution is -2.31. The summed E-state index contributed by atoms with van der Waals surface area (Å²) in [7, 11) is 0. The third kappa shape index (κ3) is 3.71. The van der Waals surface area contributed by atoms with E-state index in [2.05, 4.69) is 44.0 Å². The molecule has 1 aliphatic rings. The van der Waals surface area contributed by atoms with Crippen molar-refractivity contribution in [2.75, 3.05) is 0 Å². The van der Waals surface area contributed by atoms with Crippen molar-refractivity contribution in [1.82, 2.24) is 34.5 Å². The molecule has 1 saturated carbocycles. The molecule has 1 aliphatic carbocycles. The van der Waals surface area contributed by atoms with Crippen LogP contribution in [0.3, 0.4) is 0 Å². The second kappa shape index (κ2) is 8.25. The van der Waals surface area contributed by atoms with E-state index in [-0.39, 0.29) is 17.2 Å². The summed E-state index contributed by atoms with van der Waals surface area (Å²) in [5, 5.41) is 17.5. The average Bonchev–Trinajstić information content (AvgIpc) is 3.56. The monoisotopic (exact) mass is 475 g/mol. The molecule has 0 amide bonds. The van der Waals surface area contributed by atoms with Crippen LogP contribution in [0, 0.1) is 0 Å². The van der Waals surface area contributed by atoms with Crippen LogP contribution in [0.2, 0.25) is 5.22 Å². The lowest BCUT2D eigenvalue weighted by Gasteiger charge is -2.39. The number of ether oxygens (including phenoxy) is 1. The van der Waals surface area contributed by atoms with Gasteiger partial charge in [-0.3, -0.25) is 0 Å². The van der Waals surface area contributed by atoms with Gasteiger partial charge in [0.2, 0.25) is 16.9 Å². The minimum atomic E-state index is -0.00709. The summed E-state index contributed by atoms with van der Waals surface area (Å²) in [4.78, 5) is 4.52. The maximum absolute atomic E-state index is 6.31. The molecule has 0 aliphatic heterocycles. The van der Waals surface area contributed by atoms with E-state index >= 15 is 0 Å². The Labute approximate surface area is 200 Å². The van der Waals surface area contributed by atoms with E-state index in [4.69, 9.17) is 26.0 Å². The fraction of sp³-hybridized carbons (Fsp3) is 0.292. The largest absolute Gasteiger partial charge is 0.468 e. The molecule has 9 nitrogen and oxygen atoms in total. The Bertz CT molecular complexity index is 1450. The zero-order chi connectivity index (χ0) is 23.1. The fourth-order valence-electron chi connectivity index (χ4n) is 4.39. The van der Waals surface area contributed by atoms with Gasteiger partial charge < -0.3 is 13.8 Å². The highest BCUT2D eigenvalue weighted by molar-refractivity contribution is 6.29. The molecular formula is C24H22ClN7O2. The van der Waals surface area contributed by atoms with Crippen molar-refractivity contribution in [2.45, 2.75) is 44.8 Å². The zero-order valence-electron chi connectivity index (χ0n) is 18.6. The lowest BCUT2D eigenvalue weighted by atomic mass is 9.66. The van der Waals surface area contributed by atoms with E-state index in [1.807, 2.05) is 30.5 Å². The minimum absolute atomic E-state index is 0.00709. The van der Waals surface area contributed by atoms with E-state index in [9.17, 15) is 0 Å². The molecule has 0 radical (unpaired) electrons. The van der Waals surface area contributed by atoms with Crippen LogP contribution < -0.4 is 4.74 Å². The van der Waals surface area contributed by atoms with Gasteiger partial charge in [-0.2, -0.15) is 4.52 Å². The smallest absolute Gasteiger partial charge is 0.236 e. The predicted octanol–water partition coefficient (Wildman–Crippen LogP) is 4.70. The number of halogens is 1. The van der Waals surface area contributed by atoms with E-state index in [1.165, 1.54) is 12.0 Å². The van der Waals surface area contributed by atoms with Gasteiger partial charge in [0, 0.05) is 30.6 Å². The van der Waals surface area contributed by atoms with Crippen molar-refractivity contribution in [2.24, 2.45) is 0 Å². The molecule has 0 unspecified atom stereocenters. The van der Waals surface area contributed by atoms with Crippen molar-refractivity contribution >= 4 is 17.2 Å². The van der Waals surface area contributed by atoms with Crippen LogP contribution in [0.1, 0.15) is 43.1 Å². The lowest BCUT2D eigenvalue weighted by molar-refractivity contribution is 0.231. The Kier molecular flexibility index (Phi) is 5.06. The molecule has 34 heavy (non-hydrogen) atoms. The summed E-state index contributed by atoms with van der Waals surface area (Å²) >= 11 is 5.91. The fourth-order valence-corrected chi connectivity index (χ4v) is 4.52. The summed E-state index contributed by atoms with van der Waals surface area (Å²) in [6.07, 6.45) is 7.08. The third-order valence-corrected chi connectivity index (χ3v) is 6.69. The van der Waals surface area contributed by atoms with Gasteiger partial charge in [-0.1, -0.05) is 48.8 Å². The molecule has 0 atom stereocenters. The summed E-state index contributed by atoms with van der Waals surface area (Å²) in [6.45, 7) is 3.25. The molecule has 6 rings (SSSR count). The van der Waals surface area contributed by atoms with Crippen LogP contribution in [-0.4, -0.2) is 34.5 Å². The normalized spacial score (nSPS) is 14.9. The van der Waals surface area contributed by atoms with E-state index in [0.717, 1.165) is 30.8 Å². The predicted molar refractivity (Wildman–Crippen MR) is 125 cm³/mol. The summed E-state index contributed by atoms with van der Waals surface area (Å²) in [5.74, 6) is 1.80. The highest BCUT2D eigenvalue weighted by atomic mass is 35.5. The van der Waals surface area contributed by atoms with Gasteiger partial charge in [-0.15, -0.1) is 15.3 Å². The molecule has 5 aromatic rings. The molecule has 4 aromatic heterocycles. The van der Waals surface area contributed by atoms with Gasteiger partial charge in [0.25, 0.3) is 0 Å². The Morgan fingerprint density at radius 3 is 2.74 bits per heavy atom. The number of rotatable bonds is 7. The van der Waals surface area contributed by atoms with Gasteiger partial charge in [0.15, 0.2) is 11.3 Å². The Morgan fingerprint density at radius 2 is 2.00 bits per heavy atom. The molecule has 0 spiro atoms. The highest BCUT2D eigenvalue weighted by Crippen LogP contribution is 2.46. The highest BCUT2D eigenvalue weighted by Gasteiger charge is 2.37. The topological polar surface area (TPSA) is 96.2 Å². The molecule has 4 heterocycles. The summed E-state index contributed by atoms with van der Waals surface area (Å²) in [6, 6.07) is 13.9. The third-order valence-electron chi connectivity index (χ3n) is 6.51. The van der Waals surface area contributed by atoms with Gasteiger partial charge in [-0.05, 0) is 41.5 Å². The molecule has 1 fully saturated rings. The van der Waals surface area contributed by atoms with Crippen LogP contribution in [0.15, 0.2) is 59.4 Å². The Balaban J connectivity index is 1.34. The number of nitrogens with zero attached hydrogens (tertiary/aromatic N) is 7. The number of aromatic nitrogens is 7. The van der Waals surface area contributed by atoms with Crippen LogP contribution in [-0.2, 0) is 18.6 Å². The molecule has 10 heteroatoms. The SMILES string of the molecule is CC1(c2cc3nnc(-c4cc(Cl)on4)n3nc2OCc2nccn2Cc2ccccc2)CCC1. The molecular weight excluding hydrogens is 454 g/mol. The Morgan fingerprint density at radius 1 is 1.15 bits per heavy atom. The van der Waals surface area contributed by atoms with E-state index < -0.39 is 0 Å². The van der Waals surface area contributed by atoms with Crippen LogP contribution in [0.4, 0.5) is 0 Å². The first-order valence-corrected chi connectivity index (χ1v) is 11.5. The van der Waals surface area contributed by atoms with Gasteiger partial charge >= 0.3 is 0 Å². The van der Waals surface area contributed by atoms with Crippen LogP contribution in [0.25, 0.3) is 17.2 Å². The van der Waals surface area contributed by atoms with Gasteiger partial charge in [0.1, 0.15) is 12.4 Å². The molecule has 0 bridgehead atoms. The van der Waals surface area contributed by atoms with Gasteiger partial charge in [0.05, 0.1) is 0 Å². The van der Waals surface area contributed by atoms with E-state index in [0.29, 0.717) is 23.0 Å². The van der Waals surface area contributed by atoms with Crippen LogP contribution in [0.5, 0.6) is 5.88 Å².